The lowest BCUT2D eigenvalue weighted by Crippen LogP contribution is -2.28. The molecule has 0 aromatic rings. The van der Waals surface area contributed by atoms with E-state index in [9.17, 15) is 14.7 Å². The zero-order valence-electron chi connectivity index (χ0n) is 30.5. The summed E-state index contributed by atoms with van der Waals surface area (Å²) in [7, 11) is 0. The van der Waals surface area contributed by atoms with E-state index in [-0.39, 0.29) is 31.6 Å². The van der Waals surface area contributed by atoms with E-state index in [0.29, 0.717) is 19.3 Å². The van der Waals surface area contributed by atoms with Crippen LogP contribution in [-0.4, -0.2) is 36.4 Å². The molecule has 0 aromatic heterocycles. The molecule has 0 saturated heterocycles. The Hall–Kier alpha value is -3.18. The zero-order valence-corrected chi connectivity index (χ0v) is 30.5. The van der Waals surface area contributed by atoms with Gasteiger partial charge in [0.25, 0.3) is 0 Å². The molecule has 0 aliphatic carbocycles. The van der Waals surface area contributed by atoms with Crippen molar-refractivity contribution in [3.05, 3.63) is 97.2 Å². The highest BCUT2D eigenvalue weighted by molar-refractivity contribution is 5.70. The summed E-state index contributed by atoms with van der Waals surface area (Å²) in [4.78, 5) is 24.2. The average Bonchev–Trinajstić information content (AvgIpc) is 3.09. The zero-order chi connectivity index (χ0) is 35.0. The number of hydrogen-bond donors (Lipinski definition) is 1. The van der Waals surface area contributed by atoms with Gasteiger partial charge in [-0.25, -0.2) is 0 Å². The second kappa shape index (κ2) is 38.3. The van der Waals surface area contributed by atoms with Gasteiger partial charge in [-0.05, 0) is 89.9 Å². The number of aliphatic hydroxyl groups excluding tert-OH is 1. The summed E-state index contributed by atoms with van der Waals surface area (Å²) in [6, 6.07) is 0. The van der Waals surface area contributed by atoms with Crippen LogP contribution in [0.5, 0.6) is 0 Å². The van der Waals surface area contributed by atoms with Gasteiger partial charge in [0.05, 0.1) is 6.61 Å². The highest BCUT2D eigenvalue weighted by Crippen LogP contribution is 2.06. The molecule has 270 valence electrons. The average molecular weight is 665 g/mol. The molecule has 0 spiro atoms. The molecule has 1 N–H and O–H groups in total. The van der Waals surface area contributed by atoms with E-state index in [2.05, 4.69) is 111 Å². The van der Waals surface area contributed by atoms with Gasteiger partial charge >= 0.3 is 11.9 Å². The molecule has 1 atom stereocenters. The van der Waals surface area contributed by atoms with Crippen molar-refractivity contribution in [2.24, 2.45) is 0 Å². The van der Waals surface area contributed by atoms with Crippen molar-refractivity contribution >= 4 is 11.9 Å². The fraction of sp³-hybridized carbons (Fsp3) is 0.581. The monoisotopic (exact) mass is 665 g/mol. The van der Waals surface area contributed by atoms with Crippen LogP contribution in [0.3, 0.4) is 0 Å². The normalized spacial score (nSPS) is 13.3. The van der Waals surface area contributed by atoms with Gasteiger partial charge in [0.1, 0.15) is 6.61 Å². The third-order valence-electron chi connectivity index (χ3n) is 7.35. The molecular formula is C43H68O5. The van der Waals surface area contributed by atoms with Gasteiger partial charge in [-0.2, -0.15) is 0 Å². The van der Waals surface area contributed by atoms with Crippen LogP contribution >= 0.6 is 0 Å². The standard InChI is InChI=1S/C43H68O5/c1-3-5-7-9-11-13-15-17-19-21-23-25-27-29-31-33-35-37-42(45)47-40-41(39-44)48-43(46)38-36-34-32-30-28-26-24-22-20-18-16-14-12-10-8-6-4-2/h11-14,17-20,23-26,29-32,41,44H,3-10,15-16,21-22,27-28,33-40H2,1-2H3/b13-11+,14-12+,19-17+,20-18+,25-23+,26-24+,31-29+,32-30+/t41-/m0/s1. The fourth-order valence-electron chi connectivity index (χ4n) is 4.48. The highest BCUT2D eigenvalue weighted by atomic mass is 16.6. The predicted octanol–water partition coefficient (Wildman–Crippen LogP) is 11.7. The number of allylic oxidation sites excluding steroid dienone is 16. The summed E-state index contributed by atoms with van der Waals surface area (Å²) in [5.74, 6) is -0.734. The molecule has 0 bridgehead atoms. The number of ether oxygens (including phenoxy) is 2. The van der Waals surface area contributed by atoms with Crippen molar-refractivity contribution in [1.29, 1.82) is 0 Å². The van der Waals surface area contributed by atoms with Crippen molar-refractivity contribution < 1.29 is 24.2 Å². The molecule has 0 saturated carbocycles. The molecule has 48 heavy (non-hydrogen) atoms. The van der Waals surface area contributed by atoms with Crippen LogP contribution in [0.25, 0.3) is 0 Å². The molecule has 0 aliphatic rings. The van der Waals surface area contributed by atoms with Crippen LogP contribution in [0, 0.1) is 0 Å². The lowest BCUT2D eigenvalue weighted by atomic mass is 10.2. The molecule has 0 unspecified atom stereocenters. The Morgan fingerprint density at radius 3 is 1.17 bits per heavy atom. The molecule has 0 rings (SSSR count). The topological polar surface area (TPSA) is 72.8 Å². The summed E-state index contributed by atoms with van der Waals surface area (Å²) in [5.41, 5.74) is 0. The molecule has 0 heterocycles. The van der Waals surface area contributed by atoms with Crippen LogP contribution in [0.4, 0.5) is 0 Å². The van der Waals surface area contributed by atoms with E-state index in [1.54, 1.807) is 0 Å². The van der Waals surface area contributed by atoms with E-state index < -0.39 is 6.10 Å². The van der Waals surface area contributed by atoms with Gasteiger partial charge in [-0.15, -0.1) is 0 Å². The van der Waals surface area contributed by atoms with Crippen molar-refractivity contribution in [3.63, 3.8) is 0 Å². The van der Waals surface area contributed by atoms with E-state index in [4.69, 9.17) is 9.47 Å². The first-order valence-corrected chi connectivity index (χ1v) is 18.8. The number of hydrogen-bond acceptors (Lipinski definition) is 5. The molecule has 0 aromatic carbocycles. The van der Waals surface area contributed by atoms with Gasteiger partial charge in [0.15, 0.2) is 6.10 Å². The van der Waals surface area contributed by atoms with Crippen molar-refractivity contribution in [3.8, 4) is 0 Å². The summed E-state index contributed by atoms with van der Waals surface area (Å²) in [6.45, 7) is 3.96. The third-order valence-corrected chi connectivity index (χ3v) is 7.35. The molecule has 0 aliphatic heterocycles. The van der Waals surface area contributed by atoms with Crippen LogP contribution in [-0.2, 0) is 19.1 Å². The Kier molecular flexibility index (Phi) is 35.7. The second-order valence-corrected chi connectivity index (χ2v) is 11.9. The van der Waals surface area contributed by atoms with Gasteiger partial charge in [0, 0.05) is 12.8 Å². The van der Waals surface area contributed by atoms with E-state index >= 15 is 0 Å². The first-order valence-electron chi connectivity index (χ1n) is 18.8. The van der Waals surface area contributed by atoms with Crippen LogP contribution in [0.1, 0.15) is 142 Å². The fourth-order valence-corrected chi connectivity index (χ4v) is 4.48. The highest BCUT2D eigenvalue weighted by Gasteiger charge is 2.15. The minimum absolute atomic E-state index is 0.122. The maximum atomic E-state index is 12.1. The quantitative estimate of drug-likeness (QED) is 0.0440. The van der Waals surface area contributed by atoms with Crippen LogP contribution < -0.4 is 0 Å². The number of unbranched alkanes of at least 4 members (excludes halogenated alkanes) is 8. The van der Waals surface area contributed by atoms with Crippen molar-refractivity contribution in [2.45, 2.75) is 148 Å². The second-order valence-electron chi connectivity index (χ2n) is 11.9. The summed E-state index contributed by atoms with van der Waals surface area (Å²) >= 11 is 0. The molecule has 0 radical (unpaired) electrons. The smallest absolute Gasteiger partial charge is 0.306 e. The third kappa shape index (κ3) is 35.7. The Morgan fingerprint density at radius 2 is 0.812 bits per heavy atom. The SMILES string of the molecule is CCCCC/C=C/C/C=C/C/C=C/C/C=C/CCCC(=O)OC[C@H](CO)OC(=O)CCC/C=C/C/C=C/C/C=C/C/C=C/CCCCC. The lowest BCUT2D eigenvalue weighted by Gasteiger charge is -2.15. The number of carbonyl (C=O) groups excluding carboxylic acids is 2. The summed E-state index contributed by atoms with van der Waals surface area (Å²) in [6.07, 6.45) is 53.2. The lowest BCUT2D eigenvalue weighted by molar-refractivity contribution is -0.161. The first kappa shape index (κ1) is 44.8. The Labute approximate surface area is 294 Å². The number of rotatable bonds is 32. The number of carbonyl (C=O) groups is 2. The van der Waals surface area contributed by atoms with Gasteiger partial charge in [0.2, 0.25) is 0 Å². The molecule has 5 nitrogen and oxygen atoms in total. The largest absolute Gasteiger partial charge is 0.462 e. The molecular weight excluding hydrogens is 596 g/mol. The van der Waals surface area contributed by atoms with Crippen molar-refractivity contribution in [1.82, 2.24) is 0 Å². The Balaban J connectivity index is 3.81. The minimum Gasteiger partial charge on any atom is -0.462 e. The minimum atomic E-state index is -0.827. The van der Waals surface area contributed by atoms with E-state index in [1.807, 2.05) is 0 Å². The molecule has 0 amide bonds. The van der Waals surface area contributed by atoms with Gasteiger partial charge in [-0.1, -0.05) is 137 Å². The summed E-state index contributed by atoms with van der Waals surface area (Å²) < 4.78 is 10.5. The van der Waals surface area contributed by atoms with Crippen LogP contribution in [0.15, 0.2) is 97.2 Å². The Bertz CT molecular complexity index is 979. The van der Waals surface area contributed by atoms with Crippen molar-refractivity contribution in [2.75, 3.05) is 13.2 Å². The maximum absolute atomic E-state index is 12.1. The number of aliphatic hydroxyl groups is 1. The first-order chi connectivity index (χ1) is 23.6. The van der Waals surface area contributed by atoms with E-state index in [0.717, 1.165) is 51.4 Å². The number of esters is 2. The van der Waals surface area contributed by atoms with E-state index in [1.165, 1.54) is 51.4 Å². The summed E-state index contributed by atoms with van der Waals surface area (Å²) in [5, 5.41) is 9.53. The maximum Gasteiger partial charge on any atom is 0.306 e. The van der Waals surface area contributed by atoms with Gasteiger partial charge in [-0.3, -0.25) is 9.59 Å². The van der Waals surface area contributed by atoms with Crippen LogP contribution in [0.2, 0.25) is 0 Å². The Morgan fingerprint density at radius 1 is 0.479 bits per heavy atom. The van der Waals surface area contributed by atoms with Gasteiger partial charge < -0.3 is 14.6 Å². The molecule has 0 fully saturated rings. The molecule has 5 heteroatoms. The predicted molar refractivity (Wildman–Crippen MR) is 205 cm³/mol.